The molecular weight excluding hydrogens is 270 g/mol. The predicted molar refractivity (Wildman–Crippen MR) is 76.0 cm³/mol. The van der Waals surface area contributed by atoms with Gasteiger partial charge >= 0.3 is 0 Å². The molecule has 2 bridgehead atoms. The number of methoxy groups -OCH3 is 1. The summed E-state index contributed by atoms with van der Waals surface area (Å²) in [5.74, 6) is 2.11. The molecule has 110 valence electrons. The Morgan fingerprint density at radius 1 is 1.33 bits per heavy atom. The largest absolute Gasteiger partial charge is 0.497 e. The van der Waals surface area contributed by atoms with Crippen LogP contribution in [0.5, 0.6) is 5.75 Å². The number of benzene rings is 1. The summed E-state index contributed by atoms with van der Waals surface area (Å²) in [5.41, 5.74) is 7.29. The van der Waals surface area contributed by atoms with Crippen molar-refractivity contribution in [2.75, 3.05) is 12.8 Å². The first kappa shape index (κ1) is 12.6. The molecule has 0 amide bonds. The van der Waals surface area contributed by atoms with Crippen molar-refractivity contribution in [3.05, 3.63) is 24.0 Å². The smallest absolute Gasteiger partial charge is 0.260 e. The van der Waals surface area contributed by atoms with E-state index in [-0.39, 0.29) is 12.0 Å². The van der Waals surface area contributed by atoms with Crippen LogP contribution in [-0.4, -0.2) is 29.5 Å². The minimum atomic E-state index is 0.239. The Labute approximate surface area is 122 Å². The molecule has 3 unspecified atom stereocenters. The Bertz CT molecular complexity index is 670. The van der Waals surface area contributed by atoms with E-state index in [0.717, 1.165) is 25.1 Å². The topological polar surface area (TPSA) is 83.4 Å². The molecule has 2 fully saturated rings. The highest BCUT2D eigenvalue weighted by atomic mass is 16.5. The lowest BCUT2D eigenvalue weighted by Crippen LogP contribution is -2.15. The van der Waals surface area contributed by atoms with Crippen LogP contribution in [-0.2, 0) is 4.74 Å². The van der Waals surface area contributed by atoms with Gasteiger partial charge in [0.15, 0.2) is 5.82 Å². The van der Waals surface area contributed by atoms with Gasteiger partial charge in [-0.3, -0.25) is 0 Å². The Hall–Kier alpha value is -2.08. The molecule has 4 rings (SSSR count). The van der Waals surface area contributed by atoms with Crippen LogP contribution in [0.15, 0.2) is 22.7 Å². The zero-order valence-electron chi connectivity index (χ0n) is 11.8. The van der Waals surface area contributed by atoms with Crippen molar-refractivity contribution in [1.82, 2.24) is 10.1 Å². The average Bonchev–Trinajstić information content (AvgIpc) is 3.23. The van der Waals surface area contributed by atoms with Crippen molar-refractivity contribution in [3.63, 3.8) is 0 Å². The SMILES string of the molecule is COc1ccc(N)c(-c2nc(C3CC4CCC3O4)no2)c1. The van der Waals surface area contributed by atoms with E-state index >= 15 is 0 Å². The molecule has 2 N–H and O–H groups in total. The molecule has 2 aliphatic rings. The first-order valence-electron chi connectivity index (χ1n) is 7.17. The van der Waals surface area contributed by atoms with E-state index in [2.05, 4.69) is 10.1 Å². The van der Waals surface area contributed by atoms with Gasteiger partial charge in [-0.2, -0.15) is 4.98 Å². The molecule has 0 aliphatic carbocycles. The van der Waals surface area contributed by atoms with Crippen LogP contribution >= 0.6 is 0 Å². The van der Waals surface area contributed by atoms with Crippen LogP contribution in [0.4, 0.5) is 5.69 Å². The van der Waals surface area contributed by atoms with Crippen LogP contribution in [0.3, 0.4) is 0 Å². The lowest BCUT2D eigenvalue weighted by molar-refractivity contribution is 0.0996. The van der Waals surface area contributed by atoms with Crippen LogP contribution in [0.25, 0.3) is 11.5 Å². The maximum absolute atomic E-state index is 5.99. The maximum Gasteiger partial charge on any atom is 0.260 e. The van der Waals surface area contributed by atoms with Gasteiger partial charge in [-0.1, -0.05) is 5.16 Å². The van der Waals surface area contributed by atoms with Gasteiger partial charge in [-0.05, 0) is 37.5 Å². The number of aromatic nitrogens is 2. The predicted octanol–water partition coefficient (Wildman–Crippen LogP) is 2.36. The molecule has 2 aliphatic heterocycles. The Morgan fingerprint density at radius 3 is 2.95 bits per heavy atom. The van der Waals surface area contributed by atoms with E-state index in [0.29, 0.717) is 29.0 Å². The number of hydrogen-bond donors (Lipinski definition) is 1. The quantitative estimate of drug-likeness (QED) is 0.872. The van der Waals surface area contributed by atoms with Gasteiger partial charge in [-0.15, -0.1) is 0 Å². The molecule has 0 spiro atoms. The average molecular weight is 287 g/mol. The third kappa shape index (κ3) is 2.06. The fourth-order valence-electron chi connectivity index (χ4n) is 3.25. The highest BCUT2D eigenvalue weighted by molar-refractivity contribution is 5.72. The second-order valence-corrected chi connectivity index (χ2v) is 5.63. The number of ether oxygens (including phenoxy) is 2. The Morgan fingerprint density at radius 2 is 2.24 bits per heavy atom. The van der Waals surface area contributed by atoms with E-state index < -0.39 is 0 Å². The number of nitrogen functional groups attached to an aromatic ring is 1. The summed E-state index contributed by atoms with van der Waals surface area (Å²) >= 11 is 0. The summed E-state index contributed by atoms with van der Waals surface area (Å²) in [6.07, 6.45) is 3.82. The molecule has 6 heteroatoms. The molecular formula is C15H17N3O3. The maximum atomic E-state index is 5.99. The Kier molecular flexibility index (Phi) is 2.85. The number of anilines is 1. The van der Waals surface area contributed by atoms with Crippen LogP contribution in [0, 0.1) is 0 Å². The fourth-order valence-corrected chi connectivity index (χ4v) is 3.25. The second-order valence-electron chi connectivity index (χ2n) is 5.63. The van der Waals surface area contributed by atoms with Crippen molar-refractivity contribution in [2.24, 2.45) is 0 Å². The summed E-state index contributed by atoms with van der Waals surface area (Å²) in [5, 5.41) is 4.13. The van der Waals surface area contributed by atoms with Gasteiger partial charge in [0.2, 0.25) is 0 Å². The zero-order valence-corrected chi connectivity index (χ0v) is 11.8. The van der Waals surface area contributed by atoms with Crippen molar-refractivity contribution in [1.29, 1.82) is 0 Å². The molecule has 0 saturated carbocycles. The molecule has 2 aromatic rings. The first-order valence-corrected chi connectivity index (χ1v) is 7.17. The van der Waals surface area contributed by atoms with Crippen LogP contribution in [0.1, 0.15) is 31.0 Å². The van der Waals surface area contributed by atoms with E-state index in [1.807, 2.05) is 6.07 Å². The van der Waals surface area contributed by atoms with Gasteiger partial charge in [0, 0.05) is 5.69 Å². The second kappa shape index (κ2) is 4.73. The van der Waals surface area contributed by atoms with E-state index in [1.54, 1.807) is 19.2 Å². The Balaban J connectivity index is 1.65. The number of nitrogens with two attached hydrogens (primary N) is 1. The normalized spacial score (nSPS) is 27.2. The third-order valence-electron chi connectivity index (χ3n) is 4.37. The van der Waals surface area contributed by atoms with E-state index in [1.165, 1.54) is 0 Å². The monoisotopic (exact) mass is 287 g/mol. The van der Waals surface area contributed by atoms with Crippen molar-refractivity contribution in [3.8, 4) is 17.2 Å². The van der Waals surface area contributed by atoms with Crippen molar-refractivity contribution in [2.45, 2.75) is 37.4 Å². The van der Waals surface area contributed by atoms with Crippen LogP contribution < -0.4 is 10.5 Å². The van der Waals surface area contributed by atoms with Gasteiger partial charge in [0.05, 0.1) is 30.8 Å². The van der Waals surface area contributed by atoms with E-state index in [9.17, 15) is 0 Å². The summed E-state index contributed by atoms with van der Waals surface area (Å²) in [6, 6.07) is 5.39. The first-order chi connectivity index (χ1) is 10.2. The minimum absolute atomic E-state index is 0.239. The lowest BCUT2D eigenvalue weighted by Gasteiger charge is -2.13. The van der Waals surface area contributed by atoms with E-state index in [4.69, 9.17) is 19.7 Å². The molecule has 6 nitrogen and oxygen atoms in total. The highest BCUT2D eigenvalue weighted by Gasteiger charge is 2.43. The van der Waals surface area contributed by atoms with Gasteiger partial charge in [0.25, 0.3) is 5.89 Å². The molecule has 1 aromatic heterocycles. The number of fused-ring (bicyclic) bond motifs is 2. The van der Waals surface area contributed by atoms with Gasteiger partial charge in [0.1, 0.15) is 5.75 Å². The third-order valence-corrected chi connectivity index (χ3v) is 4.37. The van der Waals surface area contributed by atoms with Gasteiger partial charge < -0.3 is 19.7 Å². The number of rotatable bonds is 3. The summed E-state index contributed by atoms with van der Waals surface area (Å²) in [6.45, 7) is 0. The zero-order chi connectivity index (χ0) is 14.4. The summed E-state index contributed by atoms with van der Waals surface area (Å²) in [4.78, 5) is 4.52. The molecule has 3 atom stereocenters. The van der Waals surface area contributed by atoms with Crippen molar-refractivity contribution < 1.29 is 14.0 Å². The number of hydrogen-bond acceptors (Lipinski definition) is 6. The fraction of sp³-hybridized carbons (Fsp3) is 0.467. The summed E-state index contributed by atoms with van der Waals surface area (Å²) in [7, 11) is 1.61. The number of nitrogens with zero attached hydrogens (tertiary/aromatic N) is 2. The minimum Gasteiger partial charge on any atom is -0.497 e. The lowest BCUT2D eigenvalue weighted by atomic mass is 9.89. The molecule has 3 heterocycles. The summed E-state index contributed by atoms with van der Waals surface area (Å²) < 4.78 is 16.5. The highest BCUT2D eigenvalue weighted by Crippen LogP contribution is 2.44. The molecule has 2 saturated heterocycles. The molecule has 1 aromatic carbocycles. The van der Waals surface area contributed by atoms with Crippen molar-refractivity contribution >= 4 is 5.69 Å². The molecule has 21 heavy (non-hydrogen) atoms. The van der Waals surface area contributed by atoms with Gasteiger partial charge in [-0.25, -0.2) is 0 Å². The molecule has 0 radical (unpaired) electrons. The standard InChI is InChI=1S/C15H17N3O3/c1-19-8-2-4-12(16)10(6-8)15-17-14(18-21-15)11-7-9-3-5-13(11)20-9/h2,4,6,9,11,13H,3,5,7,16H2,1H3. The van der Waals surface area contributed by atoms with Crippen LogP contribution in [0.2, 0.25) is 0 Å².